The van der Waals surface area contributed by atoms with Crippen LogP contribution in [0.4, 0.5) is 5.69 Å². The highest BCUT2D eigenvalue weighted by Gasteiger charge is 2.39. The van der Waals surface area contributed by atoms with Crippen LogP contribution >= 0.6 is 0 Å². The normalized spacial score (nSPS) is 15.0. The zero-order valence-corrected chi connectivity index (χ0v) is 12.2. The summed E-state index contributed by atoms with van der Waals surface area (Å²) in [5.41, 5.74) is -0.0780. The average molecular weight is 308 g/mol. The van der Waals surface area contributed by atoms with Gasteiger partial charge in [0, 0.05) is 23.7 Å². The number of carboxylic acid groups (broad SMARTS) is 1. The first-order chi connectivity index (χ1) is 10.4. The fourth-order valence-corrected chi connectivity index (χ4v) is 2.24. The molecule has 1 aliphatic carbocycles. The number of rotatable bonds is 6. The first kappa shape index (κ1) is 15.7. The summed E-state index contributed by atoms with van der Waals surface area (Å²) in [6.07, 6.45) is 1.51. The topological polar surface area (TPSA) is 110 Å². The molecule has 118 valence electrons. The standard InChI is InChI=1S/C14H16N2O6/c1-8(14(18)19)15(10-4-5-10)13(17)9-3-6-11(16(20)21)12(7-9)22-2/h3,6-8,10H,4-5H2,1-2H3,(H,18,19). The van der Waals surface area contributed by atoms with E-state index >= 15 is 0 Å². The number of hydrogen-bond donors (Lipinski definition) is 1. The summed E-state index contributed by atoms with van der Waals surface area (Å²) in [7, 11) is 1.27. The number of aliphatic carboxylic acids is 1. The van der Waals surface area contributed by atoms with Gasteiger partial charge in [-0.1, -0.05) is 0 Å². The molecule has 1 N–H and O–H groups in total. The number of hydrogen-bond acceptors (Lipinski definition) is 5. The van der Waals surface area contributed by atoms with Gasteiger partial charge in [0.2, 0.25) is 0 Å². The largest absolute Gasteiger partial charge is 0.490 e. The zero-order chi connectivity index (χ0) is 16.4. The van der Waals surface area contributed by atoms with Crippen LogP contribution in [0.3, 0.4) is 0 Å². The zero-order valence-electron chi connectivity index (χ0n) is 12.2. The molecule has 1 aromatic carbocycles. The van der Waals surface area contributed by atoms with Crippen LogP contribution in [0.1, 0.15) is 30.1 Å². The minimum absolute atomic E-state index is 0.0328. The van der Waals surface area contributed by atoms with E-state index in [0.29, 0.717) is 0 Å². The molecule has 0 heterocycles. The van der Waals surface area contributed by atoms with E-state index in [-0.39, 0.29) is 23.0 Å². The summed E-state index contributed by atoms with van der Waals surface area (Å²) >= 11 is 0. The van der Waals surface area contributed by atoms with Crippen LogP contribution in [0.5, 0.6) is 5.75 Å². The molecule has 1 aliphatic rings. The highest BCUT2D eigenvalue weighted by atomic mass is 16.6. The quantitative estimate of drug-likeness (QED) is 0.632. The molecule has 1 saturated carbocycles. The Morgan fingerprint density at radius 1 is 1.45 bits per heavy atom. The average Bonchev–Trinajstić information content (AvgIpc) is 3.30. The third-order valence-corrected chi connectivity index (χ3v) is 3.57. The van der Waals surface area contributed by atoms with Crippen molar-refractivity contribution in [2.45, 2.75) is 31.8 Å². The summed E-state index contributed by atoms with van der Waals surface area (Å²) in [5.74, 6) is -1.59. The van der Waals surface area contributed by atoms with Crippen LogP contribution in [-0.4, -0.2) is 46.0 Å². The van der Waals surface area contributed by atoms with Gasteiger partial charge in [-0.05, 0) is 25.8 Å². The fourth-order valence-electron chi connectivity index (χ4n) is 2.24. The van der Waals surface area contributed by atoms with Crippen LogP contribution in [-0.2, 0) is 4.79 Å². The number of carbonyl (C=O) groups excluding carboxylic acids is 1. The van der Waals surface area contributed by atoms with Gasteiger partial charge >= 0.3 is 11.7 Å². The van der Waals surface area contributed by atoms with Crippen molar-refractivity contribution in [3.63, 3.8) is 0 Å². The number of carbonyl (C=O) groups is 2. The lowest BCUT2D eigenvalue weighted by Gasteiger charge is -2.26. The Morgan fingerprint density at radius 3 is 2.55 bits per heavy atom. The molecular weight excluding hydrogens is 292 g/mol. The highest BCUT2D eigenvalue weighted by Crippen LogP contribution is 2.32. The molecule has 0 aliphatic heterocycles. The van der Waals surface area contributed by atoms with Crippen molar-refractivity contribution < 1.29 is 24.4 Å². The Balaban J connectivity index is 2.35. The van der Waals surface area contributed by atoms with E-state index in [4.69, 9.17) is 9.84 Å². The minimum Gasteiger partial charge on any atom is -0.490 e. The van der Waals surface area contributed by atoms with Gasteiger partial charge in [-0.15, -0.1) is 0 Å². The molecule has 0 bridgehead atoms. The summed E-state index contributed by atoms with van der Waals surface area (Å²) in [6, 6.07) is 2.71. The van der Waals surface area contributed by atoms with Crippen LogP contribution < -0.4 is 4.74 Å². The smallest absolute Gasteiger partial charge is 0.326 e. The van der Waals surface area contributed by atoms with Crippen molar-refractivity contribution in [2.75, 3.05) is 7.11 Å². The number of nitrogens with zero attached hydrogens (tertiary/aromatic N) is 2. The molecule has 1 aromatic rings. The van der Waals surface area contributed by atoms with E-state index in [2.05, 4.69) is 0 Å². The monoisotopic (exact) mass is 308 g/mol. The summed E-state index contributed by atoms with van der Waals surface area (Å²) in [5, 5.41) is 20.0. The van der Waals surface area contributed by atoms with E-state index in [1.807, 2.05) is 0 Å². The fraction of sp³-hybridized carbons (Fsp3) is 0.429. The van der Waals surface area contributed by atoms with Crippen LogP contribution in [0, 0.1) is 10.1 Å². The Kier molecular flexibility index (Phi) is 4.30. The first-order valence-corrected chi connectivity index (χ1v) is 6.74. The maximum Gasteiger partial charge on any atom is 0.326 e. The number of benzene rings is 1. The van der Waals surface area contributed by atoms with Crippen LogP contribution in [0.2, 0.25) is 0 Å². The van der Waals surface area contributed by atoms with Gasteiger partial charge in [0.05, 0.1) is 12.0 Å². The van der Waals surface area contributed by atoms with Gasteiger partial charge in [-0.3, -0.25) is 14.9 Å². The van der Waals surface area contributed by atoms with Crippen molar-refractivity contribution in [3.05, 3.63) is 33.9 Å². The molecule has 22 heavy (non-hydrogen) atoms. The Hall–Kier alpha value is -2.64. The lowest BCUT2D eigenvalue weighted by molar-refractivity contribution is -0.385. The van der Waals surface area contributed by atoms with Gasteiger partial charge in [0.25, 0.3) is 5.91 Å². The highest BCUT2D eigenvalue weighted by molar-refractivity contribution is 5.97. The van der Waals surface area contributed by atoms with E-state index in [9.17, 15) is 19.7 Å². The molecule has 0 aromatic heterocycles. The summed E-state index contributed by atoms with van der Waals surface area (Å²) in [4.78, 5) is 35.3. The second-order valence-electron chi connectivity index (χ2n) is 5.10. The van der Waals surface area contributed by atoms with Gasteiger partial charge in [-0.25, -0.2) is 4.79 Å². The molecule has 8 heteroatoms. The molecule has 0 saturated heterocycles. The predicted octanol–water partition coefficient (Wildman–Crippen LogP) is 1.68. The number of methoxy groups -OCH3 is 1. The van der Waals surface area contributed by atoms with E-state index in [1.165, 1.54) is 37.1 Å². The molecule has 1 unspecified atom stereocenters. The van der Waals surface area contributed by atoms with Gasteiger partial charge in [0.1, 0.15) is 6.04 Å². The van der Waals surface area contributed by atoms with Crippen LogP contribution in [0.15, 0.2) is 18.2 Å². The van der Waals surface area contributed by atoms with Crippen molar-refractivity contribution >= 4 is 17.6 Å². The van der Waals surface area contributed by atoms with Crippen molar-refractivity contribution in [1.82, 2.24) is 4.90 Å². The summed E-state index contributed by atoms with van der Waals surface area (Å²) < 4.78 is 4.93. The van der Waals surface area contributed by atoms with Gasteiger partial charge in [-0.2, -0.15) is 0 Å². The first-order valence-electron chi connectivity index (χ1n) is 6.74. The van der Waals surface area contributed by atoms with Gasteiger partial charge < -0.3 is 14.7 Å². The molecule has 0 spiro atoms. The van der Waals surface area contributed by atoms with E-state index in [1.54, 1.807) is 0 Å². The Bertz CT molecular complexity index is 626. The molecule has 0 radical (unpaired) electrons. The number of ether oxygens (including phenoxy) is 1. The molecule has 8 nitrogen and oxygen atoms in total. The molecule has 1 atom stereocenters. The Morgan fingerprint density at radius 2 is 2.09 bits per heavy atom. The second-order valence-corrected chi connectivity index (χ2v) is 5.10. The number of nitro benzene ring substituents is 1. The van der Waals surface area contributed by atoms with Crippen LogP contribution in [0.25, 0.3) is 0 Å². The Labute approximate surface area is 126 Å². The third kappa shape index (κ3) is 3.00. The van der Waals surface area contributed by atoms with E-state index in [0.717, 1.165) is 12.8 Å². The van der Waals surface area contributed by atoms with E-state index < -0.39 is 22.8 Å². The van der Waals surface area contributed by atoms with Crippen molar-refractivity contribution in [1.29, 1.82) is 0 Å². The molecule has 1 amide bonds. The lowest BCUT2D eigenvalue weighted by atomic mass is 10.1. The third-order valence-electron chi connectivity index (χ3n) is 3.57. The SMILES string of the molecule is COc1cc(C(=O)N(C2CC2)C(C)C(=O)O)ccc1[N+](=O)[O-]. The molecule has 2 rings (SSSR count). The minimum atomic E-state index is -1.09. The number of nitro groups is 1. The van der Waals surface area contributed by atoms with Crippen molar-refractivity contribution in [3.8, 4) is 5.75 Å². The number of carboxylic acids is 1. The maximum atomic E-state index is 12.6. The second kappa shape index (κ2) is 6.00. The van der Waals surface area contributed by atoms with Gasteiger partial charge in [0.15, 0.2) is 5.75 Å². The number of amides is 1. The maximum absolute atomic E-state index is 12.6. The lowest BCUT2D eigenvalue weighted by Crippen LogP contribution is -2.44. The summed E-state index contributed by atoms with van der Waals surface area (Å²) in [6.45, 7) is 1.45. The predicted molar refractivity (Wildman–Crippen MR) is 75.9 cm³/mol. The molecule has 1 fully saturated rings. The van der Waals surface area contributed by atoms with Crippen molar-refractivity contribution in [2.24, 2.45) is 0 Å². The molecular formula is C14H16N2O6.